The Morgan fingerprint density at radius 1 is 1.04 bits per heavy atom. The Morgan fingerprint density at radius 3 is 2.26 bits per heavy atom. The van der Waals surface area contributed by atoms with Gasteiger partial charge in [-0.15, -0.1) is 0 Å². The highest BCUT2D eigenvalue weighted by Crippen LogP contribution is 2.31. The fourth-order valence-corrected chi connectivity index (χ4v) is 3.61. The first kappa shape index (κ1) is 18.1. The third kappa shape index (κ3) is 3.51. The molecule has 138 valence electrons. The van der Waals surface area contributed by atoms with Gasteiger partial charge in [0.2, 0.25) is 0 Å². The summed E-state index contributed by atoms with van der Waals surface area (Å²) in [4.78, 5) is 21.0. The molecule has 0 spiro atoms. The minimum Gasteiger partial charge on any atom is -0.502 e. The van der Waals surface area contributed by atoms with Gasteiger partial charge in [0.05, 0.1) is 21.1 Å². The summed E-state index contributed by atoms with van der Waals surface area (Å²) in [6, 6.07) is 12.0. The van der Waals surface area contributed by atoms with Crippen molar-refractivity contribution in [3.8, 4) is 5.75 Å². The van der Waals surface area contributed by atoms with Gasteiger partial charge < -0.3 is 10.2 Å². The number of nitro groups is 1. The summed E-state index contributed by atoms with van der Waals surface area (Å²) in [7, 11) is -4.34. The molecular formula is C17H12N2O7S. The average molecular weight is 388 g/mol. The fraction of sp³-hybridized carbons (Fsp3) is 0. The van der Waals surface area contributed by atoms with E-state index in [0.717, 1.165) is 12.1 Å². The van der Waals surface area contributed by atoms with E-state index in [4.69, 9.17) is 0 Å². The van der Waals surface area contributed by atoms with E-state index in [2.05, 4.69) is 4.72 Å². The molecule has 0 aliphatic rings. The van der Waals surface area contributed by atoms with Crippen LogP contribution in [-0.2, 0) is 10.0 Å². The topological polar surface area (TPSA) is 147 Å². The zero-order chi connectivity index (χ0) is 19.8. The molecule has 9 nitrogen and oxygen atoms in total. The van der Waals surface area contributed by atoms with E-state index in [-0.39, 0.29) is 11.3 Å². The number of nitrogens with one attached hydrogen (secondary N) is 1. The van der Waals surface area contributed by atoms with Gasteiger partial charge in [-0.05, 0) is 35.0 Å². The predicted molar refractivity (Wildman–Crippen MR) is 96.5 cm³/mol. The smallest absolute Gasteiger partial charge is 0.337 e. The second-order valence-corrected chi connectivity index (χ2v) is 7.25. The maximum absolute atomic E-state index is 12.6. The number of aromatic carboxylic acids is 1. The number of phenols is 1. The van der Waals surface area contributed by atoms with Crippen molar-refractivity contribution in [3.63, 3.8) is 0 Å². The van der Waals surface area contributed by atoms with Gasteiger partial charge in [0.1, 0.15) is 0 Å². The molecule has 0 saturated carbocycles. The van der Waals surface area contributed by atoms with Crippen molar-refractivity contribution < 1.29 is 28.3 Å². The van der Waals surface area contributed by atoms with Crippen LogP contribution < -0.4 is 4.72 Å². The average Bonchev–Trinajstić information content (AvgIpc) is 2.60. The molecule has 3 N–H and O–H groups in total. The lowest BCUT2D eigenvalue weighted by Crippen LogP contribution is -2.16. The van der Waals surface area contributed by atoms with E-state index < -0.39 is 37.2 Å². The quantitative estimate of drug-likeness (QED) is 0.450. The highest BCUT2D eigenvalue weighted by molar-refractivity contribution is 7.92. The summed E-state index contributed by atoms with van der Waals surface area (Å²) in [6.45, 7) is 0. The number of benzene rings is 3. The third-order valence-electron chi connectivity index (χ3n) is 3.81. The number of anilines is 1. The Kier molecular flexibility index (Phi) is 4.42. The molecule has 0 radical (unpaired) electrons. The Labute approximate surface area is 152 Å². The van der Waals surface area contributed by atoms with Crippen LogP contribution >= 0.6 is 0 Å². The number of carboxylic acids is 1. The maximum Gasteiger partial charge on any atom is 0.337 e. The Bertz CT molecular complexity index is 1190. The molecule has 0 aromatic heterocycles. The van der Waals surface area contributed by atoms with Crippen molar-refractivity contribution in [1.29, 1.82) is 0 Å². The highest BCUT2D eigenvalue weighted by Gasteiger charge is 2.23. The number of hydrogen-bond acceptors (Lipinski definition) is 6. The highest BCUT2D eigenvalue weighted by atomic mass is 32.2. The molecule has 10 heteroatoms. The van der Waals surface area contributed by atoms with Crippen LogP contribution in [0.3, 0.4) is 0 Å². The van der Waals surface area contributed by atoms with Gasteiger partial charge in [0.15, 0.2) is 5.75 Å². The summed E-state index contributed by atoms with van der Waals surface area (Å²) in [5.74, 6) is -2.02. The van der Waals surface area contributed by atoms with Gasteiger partial charge in [-0.3, -0.25) is 14.8 Å². The summed E-state index contributed by atoms with van der Waals surface area (Å²) in [5, 5.41) is 31.0. The lowest BCUT2D eigenvalue weighted by atomic mass is 10.1. The molecule has 0 heterocycles. The SMILES string of the molecule is O=C(O)c1cc2ccccc2cc1NS(=O)(=O)c1ccc(O)c([N+](=O)[O-])c1. The number of sulfonamides is 1. The van der Waals surface area contributed by atoms with Gasteiger partial charge in [-0.1, -0.05) is 24.3 Å². The minimum absolute atomic E-state index is 0.183. The Hall–Kier alpha value is -3.66. The van der Waals surface area contributed by atoms with Crippen LogP contribution in [0.5, 0.6) is 5.75 Å². The van der Waals surface area contributed by atoms with E-state index >= 15 is 0 Å². The van der Waals surface area contributed by atoms with E-state index in [1.807, 2.05) is 0 Å². The molecule has 0 aliphatic carbocycles. The largest absolute Gasteiger partial charge is 0.502 e. The van der Waals surface area contributed by atoms with Crippen molar-refractivity contribution >= 4 is 38.1 Å². The number of fused-ring (bicyclic) bond motifs is 1. The van der Waals surface area contributed by atoms with Gasteiger partial charge >= 0.3 is 11.7 Å². The summed E-state index contributed by atoms with van der Waals surface area (Å²) in [6.07, 6.45) is 0. The zero-order valence-corrected chi connectivity index (χ0v) is 14.3. The Morgan fingerprint density at radius 2 is 1.67 bits per heavy atom. The third-order valence-corrected chi connectivity index (χ3v) is 5.18. The van der Waals surface area contributed by atoms with Crippen LogP contribution in [-0.4, -0.2) is 29.5 Å². The molecule has 0 fully saturated rings. The summed E-state index contributed by atoms with van der Waals surface area (Å²) < 4.78 is 27.3. The van der Waals surface area contributed by atoms with Crippen LogP contribution in [0, 0.1) is 10.1 Å². The number of nitrogens with zero attached hydrogens (tertiary/aromatic N) is 1. The zero-order valence-electron chi connectivity index (χ0n) is 13.5. The molecule has 0 unspecified atom stereocenters. The summed E-state index contributed by atoms with van der Waals surface area (Å²) in [5.41, 5.74) is -1.24. The van der Waals surface area contributed by atoms with Gasteiger partial charge in [-0.2, -0.15) is 0 Å². The molecule has 0 aliphatic heterocycles. The van der Waals surface area contributed by atoms with Crippen molar-refractivity contribution in [2.75, 3.05) is 4.72 Å². The first-order valence-electron chi connectivity index (χ1n) is 7.45. The molecule has 0 atom stereocenters. The molecule has 3 aromatic carbocycles. The normalized spacial score (nSPS) is 11.3. The monoisotopic (exact) mass is 388 g/mol. The number of rotatable bonds is 5. The van der Waals surface area contributed by atoms with Crippen molar-refractivity contribution in [1.82, 2.24) is 0 Å². The number of carboxylic acid groups (broad SMARTS) is 1. The number of aromatic hydroxyl groups is 1. The van der Waals surface area contributed by atoms with E-state index in [0.29, 0.717) is 16.8 Å². The van der Waals surface area contributed by atoms with Crippen LogP contribution in [0.15, 0.2) is 59.5 Å². The molecule has 0 saturated heterocycles. The van der Waals surface area contributed by atoms with Crippen molar-refractivity contribution in [2.24, 2.45) is 0 Å². The second kappa shape index (κ2) is 6.57. The molecule has 3 aromatic rings. The van der Waals surface area contributed by atoms with Gasteiger partial charge in [-0.25, -0.2) is 13.2 Å². The lowest BCUT2D eigenvalue weighted by Gasteiger charge is -2.12. The Balaban J connectivity index is 2.11. The number of nitro benzene ring substituents is 1. The predicted octanol–water partition coefficient (Wildman–Crippen LogP) is 2.95. The first-order chi connectivity index (χ1) is 12.7. The van der Waals surface area contributed by atoms with Crippen LogP contribution in [0.25, 0.3) is 10.8 Å². The number of hydrogen-bond donors (Lipinski definition) is 3. The molecule has 27 heavy (non-hydrogen) atoms. The lowest BCUT2D eigenvalue weighted by molar-refractivity contribution is -0.386. The van der Waals surface area contributed by atoms with Gasteiger partial charge in [0.25, 0.3) is 10.0 Å². The second-order valence-electron chi connectivity index (χ2n) is 5.56. The molecule has 0 bridgehead atoms. The fourth-order valence-electron chi connectivity index (χ4n) is 2.52. The first-order valence-corrected chi connectivity index (χ1v) is 8.93. The van der Waals surface area contributed by atoms with E-state index in [1.165, 1.54) is 12.1 Å². The molecule has 3 rings (SSSR count). The number of carbonyl (C=O) groups is 1. The van der Waals surface area contributed by atoms with E-state index in [9.17, 15) is 33.5 Å². The molecular weight excluding hydrogens is 376 g/mol. The number of phenolic OH excluding ortho intramolecular Hbond substituents is 1. The van der Waals surface area contributed by atoms with Crippen molar-refractivity contribution in [3.05, 3.63) is 70.3 Å². The molecule has 0 amide bonds. The maximum atomic E-state index is 12.6. The van der Waals surface area contributed by atoms with Gasteiger partial charge in [0, 0.05) is 6.07 Å². The summed E-state index contributed by atoms with van der Waals surface area (Å²) >= 11 is 0. The van der Waals surface area contributed by atoms with Crippen molar-refractivity contribution in [2.45, 2.75) is 4.90 Å². The minimum atomic E-state index is -4.34. The standard InChI is InChI=1S/C17H12N2O7S/c20-16-6-5-12(9-15(16)19(23)24)27(25,26)18-14-8-11-4-2-1-3-10(11)7-13(14)17(21)22/h1-9,18,20H,(H,21,22). The van der Waals surface area contributed by atoms with Crippen LogP contribution in [0.2, 0.25) is 0 Å². The van der Waals surface area contributed by atoms with Crippen LogP contribution in [0.4, 0.5) is 11.4 Å². The van der Waals surface area contributed by atoms with E-state index in [1.54, 1.807) is 24.3 Å². The van der Waals surface area contributed by atoms with Crippen LogP contribution in [0.1, 0.15) is 10.4 Å².